The summed E-state index contributed by atoms with van der Waals surface area (Å²) in [6, 6.07) is 9.13. The Bertz CT molecular complexity index is 1090. The lowest BCUT2D eigenvalue weighted by atomic mass is 10.1. The molecule has 152 valence electrons. The standard InChI is InChI=1S/C21H25N5O2S/c1-3-8-15-13-18(27)26-20(22-15)29-21(24-26)25-12-7-11-17(25)19(28)23-16-10-6-5-9-14(16)4-2/h5-6,9-10,13,17H,3-4,7-8,11-12H2,1-2H3,(H,23,28). The van der Waals surface area contributed by atoms with Gasteiger partial charge >= 0.3 is 0 Å². The van der Waals surface area contributed by atoms with Gasteiger partial charge in [-0.1, -0.05) is 49.8 Å². The van der Waals surface area contributed by atoms with E-state index in [1.807, 2.05) is 29.2 Å². The fourth-order valence-electron chi connectivity index (χ4n) is 3.78. The normalized spacial score (nSPS) is 16.5. The average molecular weight is 412 g/mol. The number of benzene rings is 1. The van der Waals surface area contributed by atoms with Gasteiger partial charge < -0.3 is 10.2 Å². The van der Waals surface area contributed by atoms with Gasteiger partial charge in [0.1, 0.15) is 6.04 Å². The van der Waals surface area contributed by atoms with Crippen LogP contribution in [0.1, 0.15) is 44.4 Å². The van der Waals surface area contributed by atoms with Crippen molar-refractivity contribution in [2.45, 2.75) is 52.0 Å². The van der Waals surface area contributed by atoms with Gasteiger partial charge in [-0.05, 0) is 37.3 Å². The summed E-state index contributed by atoms with van der Waals surface area (Å²) in [6.45, 7) is 4.88. The molecular weight excluding hydrogens is 386 g/mol. The highest BCUT2D eigenvalue weighted by atomic mass is 32.1. The highest BCUT2D eigenvalue weighted by Crippen LogP contribution is 2.30. The Balaban J connectivity index is 1.60. The first-order chi connectivity index (χ1) is 14.1. The molecule has 1 atom stereocenters. The Morgan fingerprint density at radius 3 is 2.93 bits per heavy atom. The third kappa shape index (κ3) is 3.89. The molecule has 1 aromatic carbocycles. The maximum atomic E-state index is 13.0. The van der Waals surface area contributed by atoms with Gasteiger partial charge in [0.2, 0.25) is 16.0 Å². The predicted molar refractivity (Wildman–Crippen MR) is 116 cm³/mol. The van der Waals surface area contributed by atoms with E-state index >= 15 is 0 Å². The number of carbonyl (C=O) groups is 1. The van der Waals surface area contributed by atoms with Crippen molar-refractivity contribution in [3.63, 3.8) is 0 Å². The maximum Gasteiger partial charge on any atom is 0.275 e. The van der Waals surface area contributed by atoms with E-state index in [2.05, 4.69) is 29.2 Å². The molecule has 4 rings (SSSR count). The third-order valence-electron chi connectivity index (χ3n) is 5.25. The highest BCUT2D eigenvalue weighted by Gasteiger charge is 2.33. The summed E-state index contributed by atoms with van der Waals surface area (Å²) in [5.41, 5.74) is 2.60. The zero-order chi connectivity index (χ0) is 20.4. The van der Waals surface area contributed by atoms with E-state index in [1.54, 1.807) is 6.07 Å². The molecule has 2 aromatic heterocycles. The number of hydrogen-bond donors (Lipinski definition) is 1. The Morgan fingerprint density at radius 2 is 2.14 bits per heavy atom. The Morgan fingerprint density at radius 1 is 1.31 bits per heavy atom. The molecule has 1 unspecified atom stereocenters. The summed E-state index contributed by atoms with van der Waals surface area (Å²) in [5, 5.41) is 8.23. The van der Waals surface area contributed by atoms with E-state index < -0.39 is 0 Å². The second-order valence-electron chi connectivity index (χ2n) is 7.27. The fraction of sp³-hybridized carbons (Fsp3) is 0.429. The van der Waals surface area contributed by atoms with Crippen molar-refractivity contribution in [2.24, 2.45) is 0 Å². The molecule has 1 fully saturated rings. The first-order valence-corrected chi connectivity index (χ1v) is 11.0. The predicted octanol–water partition coefficient (Wildman–Crippen LogP) is 3.27. The molecule has 1 N–H and O–H groups in total. The van der Waals surface area contributed by atoms with Crippen LogP contribution < -0.4 is 15.8 Å². The summed E-state index contributed by atoms with van der Waals surface area (Å²) in [4.78, 5) is 32.6. The lowest BCUT2D eigenvalue weighted by molar-refractivity contribution is -0.117. The fourth-order valence-corrected chi connectivity index (χ4v) is 4.78. The Labute approximate surface area is 173 Å². The van der Waals surface area contributed by atoms with Crippen molar-refractivity contribution < 1.29 is 4.79 Å². The second-order valence-corrected chi connectivity index (χ2v) is 8.20. The molecule has 7 nitrogen and oxygen atoms in total. The largest absolute Gasteiger partial charge is 0.335 e. The van der Waals surface area contributed by atoms with Gasteiger partial charge in [0.15, 0.2) is 0 Å². The molecule has 0 spiro atoms. The minimum atomic E-state index is -0.300. The number of rotatable bonds is 6. The Hall–Kier alpha value is -2.74. The average Bonchev–Trinajstić information content (AvgIpc) is 3.35. The van der Waals surface area contributed by atoms with E-state index in [4.69, 9.17) is 0 Å². The lowest BCUT2D eigenvalue weighted by Gasteiger charge is -2.23. The molecule has 8 heteroatoms. The summed E-state index contributed by atoms with van der Waals surface area (Å²) in [5.74, 6) is -0.0327. The minimum absolute atomic E-state index is 0.0327. The zero-order valence-electron chi connectivity index (χ0n) is 16.7. The van der Waals surface area contributed by atoms with Crippen molar-refractivity contribution in [1.82, 2.24) is 14.6 Å². The van der Waals surface area contributed by atoms with E-state index in [-0.39, 0.29) is 17.5 Å². The summed E-state index contributed by atoms with van der Waals surface area (Å²) in [6.07, 6.45) is 4.23. The van der Waals surface area contributed by atoms with E-state index in [0.29, 0.717) is 10.1 Å². The van der Waals surface area contributed by atoms with E-state index in [9.17, 15) is 9.59 Å². The molecule has 29 heavy (non-hydrogen) atoms. The smallest absolute Gasteiger partial charge is 0.275 e. The molecule has 0 saturated carbocycles. The van der Waals surface area contributed by atoms with Crippen LogP contribution in [0.2, 0.25) is 0 Å². The maximum absolute atomic E-state index is 13.0. The van der Waals surface area contributed by atoms with Gasteiger partial charge in [-0.25, -0.2) is 4.98 Å². The van der Waals surface area contributed by atoms with Gasteiger partial charge in [0.05, 0.1) is 0 Å². The number of nitrogens with zero attached hydrogens (tertiary/aromatic N) is 4. The number of amides is 1. The summed E-state index contributed by atoms with van der Waals surface area (Å²) in [7, 11) is 0. The number of aryl methyl sites for hydroxylation is 2. The Kier molecular flexibility index (Phi) is 5.62. The highest BCUT2D eigenvalue weighted by molar-refractivity contribution is 7.20. The van der Waals surface area contributed by atoms with Crippen LogP contribution in [-0.4, -0.2) is 33.1 Å². The first kappa shape index (κ1) is 19.6. The molecule has 1 aliphatic rings. The molecular formula is C21H25N5O2S. The number of aromatic nitrogens is 3. The van der Waals surface area contributed by atoms with Crippen molar-refractivity contribution in [1.29, 1.82) is 0 Å². The van der Waals surface area contributed by atoms with Crippen LogP contribution in [0.4, 0.5) is 10.8 Å². The van der Waals surface area contributed by atoms with Crippen LogP contribution >= 0.6 is 11.3 Å². The topological polar surface area (TPSA) is 79.6 Å². The number of hydrogen-bond acceptors (Lipinski definition) is 6. The van der Waals surface area contributed by atoms with E-state index in [1.165, 1.54) is 15.9 Å². The quantitative estimate of drug-likeness (QED) is 0.673. The first-order valence-electron chi connectivity index (χ1n) is 10.2. The van der Waals surface area contributed by atoms with Gasteiger partial charge in [-0.2, -0.15) is 4.52 Å². The van der Waals surface area contributed by atoms with Crippen LogP contribution in [0, 0.1) is 0 Å². The number of para-hydroxylation sites is 1. The van der Waals surface area contributed by atoms with Gasteiger partial charge in [0.25, 0.3) is 5.56 Å². The van der Waals surface area contributed by atoms with E-state index in [0.717, 1.165) is 55.6 Å². The van der Waals surface area contributed by atoms with Crippen LogP contribution in [0.25, 0.3) is 4.96 Å². The van der Waals surface area contributed by atoms with Crippen LogP contribution in [-0.2, 0) is 17.6 Å². The second kappa shape index (κ2) is 8.32. The van der Waals surface area contributed by atoms with Crippen molar-refractivity contribution in [2.75, 3.05) is 16.8 Å². The SMILES string of the molecule is CCCc1cc(=O)n2nc(N3CCCC3C(=O)Nc3ccccc3CC)sc2n1. The number of fused-ring (bicyclic) bond motifs is 1. The third-order valence-corrected chi connectivity index (χ3v) is 6.20. The molecule has 3 aromatic rings. The summed E-state index contributed by atoms with van der Waals surface area (Å²) >= 11 is 1.37. The van der Waals surface area contributed by atoms with Crippen LogP contribution in [0.15, 0.2) is 35.1 Å². The van der Waals surface area contributed by atoms with Crippen molar-refractivity contribution >= 4 is 33.0 Å². The molecule has 0 bridgehead atoms. The monoisotopic (exact) mass is 411 g/mol. The van der Waals surface area contributed by atoms with Gasteiger partial charge in [-0.15, -0.1) is 5.10 Å². The zero-order valence-corrected chi connectivity index (χ0v) is 17.5. The van der Waals surface area contributed by atoms with Crippen LogP contribution in [0.5, 0.6) is 0 Å². The molecule has 1 amide bonds. The minimum Gasteiger partial charge on any atom is -0.335 e. The molecule has 3 heterocycles. The molecule has 1 saturated heterocycles. The molecule has 1 aliphatic heterocycles. The molecule has 0 radical (unpaired) electrons. The lowest BCUT2D eigenvalue weighted by Crippen LogP contribution is -2.40. The van der Waals surface area contributed by atoms with Gasteiger partial charge in [0, 0.05) is 24.0 Å². The van der Waals surface area contributed by atoms with Crippen molar-refractivity contribution in [3.05, 3.63) is 51.9 Å². The number of anilines is 2. The van der Waals surface area contributed by atoms with Crippen molar-refractivity contribution in [3.8, 4) is 0 Å². The summed E-state index contributed by atoms with van der Waals surface area (Å²) < 4.78 is 1.35. The number of nitrogens with one attached hydrogen (secondary N) is 1. The van der Waals surface area contributed by atoms with Crippen LogP contribution in [0.3, 0.4) is 0 Å². The van der Waals surface area contributed by atoms with Gasteiger partial charge in [-0.3, -0.25) is 9.59 Å². The molecule has 0 aliphatic carbocycles. The number of carbonyl (C=O) groups excluding carboxylic acids is 1.